The summed E-state index contributed by atoms with van der Waals surface area (Å²) in [7, 11) is 0. The molecule has 0 radical (unpaired) electrons. The molecule has 0 bridgehead atoms. The standard InChI is InChI=1S/C31H28N4O3/c36-29(23-10-3-1-4-11-23)32-25-13-9-12-24(22-25)30(37)33-28-17-8-7-16-27(28)31(38)35-20-18-34(19-21-35)26-14-5-2-6-15-26/h1-17,22H,18-21H2,(H,32,36)(H,33,37). The van der Waals surface area contributed by atoms with Crippen molar-refractivity contribution < 1.29 is 14.4 Å². The summed E-state index contributed by atoms with van der Waals surface area (Å²) in [6, 6.07) is 32.8. The Morgan fingerprint density at radius 2 is 1.18 bits per heavy atom. The fourth-order valence-corrected chi connectivity index (χ4v) is 4.48. The van der Waals surface area contributed by atoms with Crippen molar-refractivity contribution in [2.75, 3.05) is 41.7 Å². The maximum Gasteiger partial charge on any atom is 0.256 e. The summed E-state index contributed by atoms with van der Waals surface area (Å²) < 4.78 is 0. The normalized spacial score (nSPS) is 13.1. The van der Waals surface area contributed by atoms with E-state index in [2.05, 4.69) is 27.7 Å². The minimum Gasteiger partial charge on any atom is -0.368 e. The van der Waals surface area contributed by atoms with Crippen LogP contribution in [-0.2, 0) is 0 Å². The molecule has 0 aromatic heterocycles. The molecule has 1 aliphatic heterocycles. The molecule has 4 aromatic carbocycles. The van der Waals surface area contributed by atoms with Gasteiger partial charge in [0.1, 0.15) is 0 Å². The SMILES string of the molecule is O=C(Nc1cccc(C(=O)Nc2ccccc2C(=O)N2CCN(c3ccccc3)CC2)c1)c1ccccc1. The average Bonchev–Trinajstić information content (AvgIpc) is 2.98. The molecule has 1 heterocycles. The number of benzene rings is 4. The van der Waals surface area contributed by atoms with E-state index in [1.165, 1.54) is 0 Å². The largest absolute Gasteiger partial charge is 0.368 e. The summed E-state index contributed by atoms with van der Waals surface area (Å²) in [6.45, 7) is 2.68. The first-order valence-corrected chi connectivity index (χ1v) is 12.5. The Balaban J connectivity index is 1.25. The first-order chi connectivity index (χ1) is 18.6. The number of carbonyl (C=O) groups excluding carboxylic acids is 3. The van der Waals surface area contributed by atoms with E-state index in [1.807, 2.05) is 29.2 Å². The molecule has 0 aliphatic carbocycles. The van der Waals surface area contributed by atoms with Gasteiger partial charge in [-0.25, -0.2) is 0 Å². The van der Waals surface area contributed by atoms with Gasteiger partial charge in [0.2, 0.25) is 0 Å². The van der Waals surface area contributed by atoms with E-state index in [4.69, 9.17) is 0 Å². The van der Waals surface area contributed by atoms with Gasteiger partial charge in [0, 0.05) is 48.7 Å². The molecule has 5 rings (SSSR count). The molecule has 190 valence electrons. The highest BCUT2D eigenvalue weighted by molar-refractivity contribution is 6.10. The van der Waals surface area contributed by atoms with Crippen molar-refractivity contribution in [3.63, 3.8) is 0 Å². The zero-order valence-corrected chi connectivity index (χ0v) is 20.8. The lowest BCUT2D eigenvalue weighted by Crippen LogP contribution is -2.48. The fourth-order valence-electron chi connectivity index (χ4n) is 4.48. The number of para-hydroxylation sites is 2. The maximum absolute atomic E-state index is 13.4. The zero-order valence-electron chi connectivity index (χ0n) is 20.8. The topological polar surface area (TPSA) is 81.8 Å². The van der Waals surface area contributed by atoms with Crippen LogP contribution in [0, 0.1) is 0 Å². The third kappa shape index (κ3) is 5.73. The number of piperazine rings is 1. The van der Waals surface area contributed by atoms with Crippen molar-refractivity contribution >= 4 is 34.8 Å². The lowest BCUT2D eigenvalue weighted by atomic mass is 10.1. The summed E-state index contributed by atoms with van der Waals surface area (Å²) >= 11 is 0. The second kappa shape index (κ2) is 11.4. The molecular formula is C31H28N4O3. The molecule has 1 saturated heterocycles. The maximum atomic E-state index is 13.4. The Bertz CT molecular complexity index is 1430. The minimum atomic E-state index is -0.366. The first kappa shape index (κ1) is 24.8. The fraction of sp³-hybridized carbons (Fsp3) is 0.129. The summed E-state index contributed by atoms with van der Waals surface area (Å²) in [6.07, 6.45) is 0. The summed E-state index contributed by atoms with van der Waals surface area (Å²) in [5, 5.41) is 5.71. The molecule has 0 spiro atoms. The number of hydrogen-bond acceptors (Lipinski definition) is 4. The smallest absolute Gasteiger partial charge is 0.256 e. The number of nitrogens with zero attached hydrogens (tertiary/aromatic N) is 2. The van der Waals surface area contributed by atoms with E-state index in [0.717, 1.165) is 18.8 Å². The highest BCUT2D eigenvalue weighted by Gasteiger charge is 2.24. The number of hydrogen-bond donors (Lipinski definition) is 2. The zero-order chi connectivity index (χ0) is 26.3. The molecule has 0 saturated carbocycles. The van der Waals surface area contributed by atoms with Crippen molar-refractivity contribution in [3.8, 4) is 0 Å². The molecule has 2 N–H and O–H groups in total. The molecule has 7 nitrogen and oxygen atoms in total. The van der Waals surface area contributed by atoms with Gasteiger partial charge in [0.05, 0.1) is 11.3 Å². The Labute approximate surface area is 221 Å². The van der Waals surface area contributed by atoms with Crippen LogP contribution >= 0.6 is 0 Å². The Kier molecular flexibility index (Phi) is 7.45. The van der Waals surface area contributed by atoms with Crippen LogP contribution in [0.3, 0.4) is 0 Å². The van der Waals surface area contributed by atoms with Crippen LogP contribution in [0.5, 0.6) is 0 Å². The van der Waals surface area contributed by atoms with Gasteiger partial charge < -0.3 is 20.4 Å². The minimum absolute atomic E-state index is 0.113. The number of anilines is 3. The van der Waals surface area contributed by atoms with E-state index in [0.29, 0.717) is 41.2 Å². The van der Waals surface area contributed by atoms with E-state index >= 15 is 0 Å². The van der Waals surface area contributed by atoms with Crippen LogP contribution in [-0.4, -0.2) is 48.8 Å². The molecule has 7 heteroatoms. The van der Waals surface area contributed by atoms with Crippen LogP contribution in [0.1, 0.15) is 31.1 Å². The average molecular weight is 505 g/mol. The van der Waals surface area contributed by atoms with Crippen LogP contribution in [0.2, 0.25) is 0 Å². The molecule has 3 amide bonds. The number of carbonyl (C=O) groups is 3. The van der Waals surface area contributed by atoms with E-state index in [-0.39, 0.29) is 17.7 Å². The molecule has 0 unspecified atom stereocenters. The molecule has 1 aliphatic rings. The Morgan fingerprint density at radius 3 is 1.92 bits per heavy atom. The molecule has 1 fully saturated rings. The van der Waals surface area contributed by atoms with Crippen LogP contribution in [0.15, 0.2) is 109 Å². The van der Waals surface area contributed by atoms with Gasteiger partial charge in [0.25, 0.3) is 17.7 Å². The summed E-state index contributed by atoms with van der Waals surface area (Å²) in [5.74, 6) is -0.737. The Hall–Kier alpha value is -4.91. The van der Waals surface area contributed by atoms with Gasteiger partial charge >= 0.3 is 0 Å². The quantitative estimate of drug-likeness (QED) is 0.380. The van der Waals surface area contributed by atoms with Gasteiger partial charge in [-0.05, 0) is 54.6 Å². The van der Waals surface area contributed by atoms with Crippen molar-refractivity contribution in [1.82, 2.24) is 4.90 Å². The lowest BCUT2D eigenvalue weighted by Gasteiger charge is -2.36. The van der Waals surface area contributed by atoms with Crippen LogP contribution < -0.4 is 15.5 Å². The molecule has 0 atom stereocenters. The van der Waals surface area contributed by atoms with E-state index < -0.39 is 0 Å². The van der Waals surface area contributed by atoms with Gasteiger partial charge in [-0.2, -0.15) is 0 Å². The second-order valence-electron chi connectivity index (χ2n) is 9.02. The highest BCUT2D eigenvalue weighted by atomic mass is 16.2. The van der Waals surface area contributed by atoms with Gasteiger partial charge in [0.15, 0.2) is 0 Å². The van der Waals surface area contributed by atoms with E-state index in [9.17, 15) is 14.4 Å². The van der Waals surface area contributed by atoms with Crippen molar-refractivity contribution in [2.45, 2.75) is 0 Å². The number of nitrogens with one attached hydrogen (secondary N) is 2. The van der Waals surface area contributed by atoms with Crippen molar-refractivity contribution in [3.05, 3.63) is 126 Å². The summed E-state index contributed by atoms with van der Waals surface area (Å²) in [4.78, 5) is 43.1. The van der Waals surface area contributed by atoms with Crippen LogP contribution in [0.4, 0.5) is 17.1 Å². The van der Waals surface area contributed by atoms with Crippen molar-refractivity contribution in [2.24, 2.45) is 0 Å². The third-order valence-electron chi connectivity index (χ3n) is 6.51. The molecule has 4 aromatic rings. The van der Waals surface area contributed by atoms with Gasteiger partial charge in [-0.1, -0.05) is 54.6 Å². The highest BCUT2D eigenvalue weighted by Crippen LogP contribution is 2.22. The second-order valence-corrected chi connectivity index (χ2v) is 9.02. The first-order valence-electron chi connectivity index (χ1n) is 12.5. The van der Waals surface area contributed by atoms with Crippen molar-refractivity contribution in [1.29, 1.82) is 0 Å². The predicted octanol–water partition coefficient (Wildman–Crippen LogP) is 5.15. The molecule has 38 heavy (non-hydrogen) atoms. The van der Waals surface area contributed by atoms with Crippen LogP contribution in [0.25, 0.3) is 0 Å². The lowest BCUT2D eigenvalue weighted by molar-refractivity contribution is 0.0747. The summed E-state index contributed by atoms with van der Waals surface area (Å²) in [5.41, 5.74) is 3.45. The number of amides is 3. The Morgan fingerprint density at radius 1 is 0.579 bits per heavy atom. The monoisotopic (exact) mass is 504 g/mol. The predicted molar refractivity (Wildman–Crippen MR) is 150 cm³/mol. The van der Waals surface area contributed by atoms with E-state index in [1.54, 1.807) is 72.8 Å². The van der Waals surface area contributed by atoms with Gasteiger partial charge in [-0.15, -0.1) is 0 Å². The third-order valence-corrected chi connectivity index (χ3v) is 6.51. The van der Waals surface area contributed by atoms with Gasteiger partial charge in [-0.3, -0.25) is 14.4 Å². The molecular weight excluding hydrogens is 476 g/mol. The number of rotatable bonds is 6.